The second kappa shape index (κ2) is 5.80. The largest absolute Gasteiger partial charge is 0.491 e. The number of hydrogen-bond donors (Lipinski definition) is 2. The molecule has 1 aromatic carbocycles. The highest BCUT2D eigenvalue weighted by Crippen LogP contribution is 2.27. The van der Waals surface area contributed by atoms with Gasteiger partial charge in [0.1, 0.15) is 12.4 Å². The predicted molar refractivity (Wildman–Crippen MR) is 84.0 cm³/mol. The molecule has 3 rings (SSSR count). The molecule has 2 heterocycles. The van der Waals surface area contributed by atoms with Crippen molar-refractivity contribution in [1.29, 1.82) is 0 Å². The summed E-state index contributed by atoms with van der Waals surface area (Å²) in [6, 6.07) is 7.68. The highest BCUT2D eigenvalue weighted by atomic mass is 16.5. The van der Waals surface area contributed by atoms with Gasteiger partial charge in [-0.05, 0) is 44.7 Å². The zero-order valence-corrected chi connectivity index (χ0v) is 13.2. The third kappa shape index (κ3) is 3.04. The van der Waals surface area contributed by atoms with Crippen LogP contribution in [0.25, 0.3) is 0 Å². The molecule has 2 aliphatic rings. The van der Waals surface area contributed by atoms with E-state index in [0.717, 1.165) is 30.6 Å². The fourth-order valence-corrected chi connectivity index (χ4v) is 3.42. The minimum absolute atomic E-state index is 0.0227. The van der Waals surface area contributed by atoms with Gasteiger partial charge in [-0.25, -0.2) is 4.79 Å². The molecule has 0 aromatic heterocycles. The summed E-state index contributed by atoms with van der Waals surface area (Å²) < 4.78 is 5.71. The SMILES string of the molecule is CC(C)(O)[C@H]1CCCN1C(=O)N[C@@H]1COc2ccccc2C1. The third-order valence-electron chi connectivity index (χ3n) is 4.54. The van der Waals surface area contributed by atoms with Crippen LogP contribution in [0, 0.1) is 0 Å². The topological polar surface area (TPSA) is 61.8 Å². The van der Waals surface area contributed by atoms with E-state index < -0.39 is 5.60 Å². The lowest BCUT2D eigenvalue weighted by molar-refractivity contribution is 0.00917. The Morgan fingerprint density at radius 3 is 2.95 bits per heavy atom. The maximum Gasteiger partial charge on any atom is 0.318 e. The smallest absolute Gasteiger partial charge is 0.318 e. The van der Waals surface area contributed by atoms with Crippen molar-refractivity contribution in [3.05, 3.63) is 29.8 Å². The van der Waals surface area contributed by atoms with Gasteiger partial charge >= 0.3 is 6.03 Å². The van der Waals surface area contributed by atoms with Crippen LogP contribution in [0.2, 0.25) is 0 Å². The molecule has 2 amide bonds. The van der Waals surface area contributed by atoms with E-state index in [1.54, 1.807) is 18.7 Å². The number of urea groups is 1. The molecule has 5 heteroatoms. The number of para-hydroxylation sites is 1. The van der Waals surface area contributed by atoms with Crippen molar-refractivity contribution in [2.75, 3.05) is 13.2 Å². The first-order valence-corrected chi connectivity index (χ1v) is 7.95. The van der Waals surface area contributed by atoms with Crippen LogP contribution in [0.4, 0.5) is 4.79 Å². The molecule has 2 atom stereocenters. The lowest BCUT2D eigenvalue weighted by atomic mass is 9.97. The molecule has 1 fully saturated rings. The van der Waals surface area contributed by atoms with Gasteiger partial charge in [-0.3, -0.25) is 0 Å². The van der Waals surface area contributed by atoms with Crippen molar-refractivity contribution in [1.82, 2.24) is 10.2 Å². The summed E-state index contributed by atoms with van der Waals surface area (Å²) in [7, 11) is 0. The quantitative estimate of drug-likeness (QED) is 0.877. The van der Waals surface area contributed by atoms with E-state index in [9.17, 15) is 9.90 Å². The maximum atomic E-state index is 12.5. The number of likely N-dealkylation sites (tertiary alicyclic amines) is 1. The van der Waals surface area contributed by atoms with E-state index >= 15 is 0 Å². The van der Waals surface area contributed by atoms with Gasteiger partial charge in [0.2, 0.25) is 0 Å². The molecule has 2 N–H and O–H groups in total. The number of nitrogens with zero attached hydrogens (tertiary/aromatic N) is 1. The molecule has 0 spiro atoms. The highest BCUT2D eigenvalue weighted by molar-refractivity contribution is 5.75. The average Bonchev–Trinajstić information content (AvgIpc) is 2.97. The minimum Gasteiger partial charge on any atom is -0.491 e. The van der Waals surface area contributed by atoms with E-state index in [4.69, 9.17) is 4.74 Å². The number of carbonyl (C=O) groups excluding carboxylic acids is 1. The van der Waals surface area contributed by atoms with Gasteiger partial charge in [-0.2, -0.15) is 0 Å². The molecule has 22 heavy (non-hydrogen) atoms. The number of nitrogens with one attached hydrogen (secondary N) is 1. The zero-order chi connectivity index (χ0) is 15.7. The molecule has 0 bridgehead atoms. The Bertz CT molecular complexity index is 553. The Morgan fingerprint density at radius 1 is 1.41 bits per heavy atom. The van der Waals surface area contributed by atoms with E-state index in [1.807, 2.05) is 24.3 Å². The number of aliphatic hydroxyl groups is 1. The zero-order valence-electron chi connectivity index (χ0n) is 13.2. The van der Waals surface area contributed by atoms with Crippen LogP contribution in [0.5, 0.6) is 5.75 Å². The van der Waals surface area contributed by atoms with Crippen LogP contribution >= 0.6 is 0 Å². The van der Waals surface area contributed by atoms with Gasteiger partial charge < -0.3 is 20.1 Å². The van der Waals surface area contributed by atoms with E-state index in [1.165, 1.54) is 0 Å². The second-order valence-electron chi connectivity index (χ2n) is 6.77. The number of ether oxygens (including phenoxy) is 1. The standard InChI is InChI=1S/C17H24N2O3/c1-17(2,21)15-8-5-9-19(15)16(20)18-13-10-12-6-3-4-7-14(12)22-11-13/h3-4,6-7,13,15,21H,5,8-11H2,1-2H3,(H,18,20)/t13-,15+/m0/s1. The van der Waals surface area contributed by atoms with Crippen molar-refractivity contribution in [3.63, 3.8) is 0 Å². The Morgan fingerprint density at radius 2 is 2.18 bits per heavy atom. The molecular formula is C17H24N2O3. The molecule has 2 aliphatic heterocycles. The van der Waals surface area contributed by atoms with Crippen LogP contribution in [-0.2, 0) is 6.42 Å². The summed E-state index contributed by atoms with van der Waals surface area (Å²) in [5.74, 6) is 0.906. The lowest BCUT2D eigenvalue weighted by Crippen LogP contribution is -2.54. The fraction of sp³-hybridized carbons (Fsp3) is 0.588. The molecule has 120 valence electrons. The van der Waals surface area contributed by atoms with Crippen LogP contribution < -0.4 is 10.1 Å². The van der Waals surface area contributed by atoms with Gasteiger partial charge in [0.15, 0.2) is 0 Å². The first-order valence-electron chi connectivity index (χ1n) is 7.95. The van der Waals surface area contributed by atoms with Crippen molar-refractivity contribution < 1.29 is 14.6 Å². The van der Waals surface area contributed by atoms with Crippen LogP contribution in [0.1, 0.15) is 32.3 Å². The normalized spacial score (nSPS) is 24.6. The van der Waals surface area contributed by atoms with Gasteiger partial charge in [-0.1, -0.05) is 18.2 Å². The van der Waals surface area contributed by atoms with Crippen molar-refractivity contribution in [2.24, 2.45) is 0 Å². The van der Waals surface area contributed by atoms with E-state index in [0.29, 0.717) is 13.2 Å². The fourth-order valence-electron chi connectivity index (χ4n) is 3.42. The Kier molecular flexibility index (Phi) is 4.00. The minimum atomic E-state index is -0.872. The number of amides is 2. The Balaban J connectivity index is 1.63. The first kappa shape index (κ1) is 15.2. The molecule has 0 saturated carbocycles. The number of benzene rings is 1. The van der Waals surface area contributed by atoms with Gasteiger partial charge in [0.05, 0.1) is 17.7 Å². The third-order valence-corrected chi connectivity index (χ3v) is 4.54. The molecule has 0 radical (unpaired) electrons. The van der Waals surface area contributed by atoms with Crippen LogP contribution in [0.3, 0.4) is 0 Å². The summed E-state index contributed by atoms with van der Waals surface area (Å²) in [5.41, 5.74) is 0.253. The van der Waals surface area contributed by atoms with Crippen molar-refractivity contribution in [3.8, 4) is 5.75 Å². The molecule has 5 nitrogen and oxygen atoms in total. The molecule has 1 saturated heterocycles. The van der Waals surface area contributed by atoms with Crippen molar-refractivity contribution >= 4 is 6.03 Å². The van der Waals surface area contributed by atoms with Crippen molar-refractivity contribution in [2.45, 2.75) is 50.8 Å². The van der Waals surface area contributed by atoms with Crippen LogP contribution in [0.15, 0.2) is 24.3 Å². The second-order valence-corrected chi connectivity index (χ2v) is 6.77. The van der Waals surface area contributed by atoms with Crippen LogP contribution in [-0.4, -0.2) is 46.9 Å². The molecule has 0 aliphatic carbocycles. The molecule has 1 aromatic rings. The monoisotopic (exact) mass is 304 g/mol. The van der Waals surface area contributed by atoms with Gasteiger partial charge in [0, 0.05) is 6.54 Å². The first-order chi connectivity index (χ1) is 10.4. The molecule has 0 unspecified atom stereocenters. The average molecular weight is 304 g/mol. The Hall–Kier alpha value is -1.75. The Labute approximate surface area is 131 Å². The van der Waals surface area contributed by atoms with Gasteiger partial charge in [0.25, 0.3) is 0 Å². The van der Waals surface area contributed by atoms with E-state index in [2.05, 4.69) is 5.32 Å². The number of fused-ring (bicyclic) bond motifs is 1. The van der Waals surface area contributed by atoms with E-state index in [-0.39, 0.29) is 18.1 Å². The maximum absolute atomic E-state index is 12.5. The number of carbonyl (C=O) groups is 1. The summed E-state index contributed by atoms with van der Waals surface area (Å²) in [6.07, 6.45) is 2.57. The highest BCUT2D eigenvalue weighted by Gasteiger charge is 2.39. The summed E-state index contributed by atoms with van der Waals surface area (Å²) in [4.78, 5) is 14.3. The summed E-state index contributed by atoms with van der Waals surface area (Å²) in [5, 5.41) is 13.3. The van der Waals surface area contributed by atoms with Gasteiger partial charge in [-0.15, -0.1) is 0 Å². The number of rotatable bonds is 2. The molecular weight excluding hydrogens is 280 g/mol. The lowest BCUT2D eigenvalue weighted by Gasteiger charge is -2.35. The summed E-state index contributed by atoms with van der Waals surface area (Å²) >= 11 is 0. The summed E-state index contributed by atoms with van der Waals surface area (Å²) in [6.45, 7) is 4.72. The predicted octanol–water partition coefficient (Wildman–Crippen LogP) is 1.93. The number of hydrogen-bond acceptors (Lipinski definition) is 3.